The van der Waals surface area contributed by atoms with Crippen LogP contribution >= 0.6 is 11.6 Å². The molecule has 0 fully saturated rings. The van der Waals surface area contributed by atoms with E-state index in [1.807, 2.05) is 0 Å². The van der Waals surface area contributed by atoms with Crippen molar-refractivity contribution in [1.29, 1.82) is 0 Å². The molecule has 2 atom stereocenters. The van der Waals surface area contributed by atoms with Crippen molar-refractivity contribution in [2.45, 2.75) is 46.6 Å². The van der Waals surface area contributed by atoms with Crippen LogP contribution in [0.5, 0.6) is 0 Å². The molecule has 0 amide bonds. The summed E-state index contributed by atoms with van der Waals surface area (Å²) in [6.07, 6.45) is 0.679. The highest BCUT2D eigenvalue weighted by Gasteiger charge is 2.18. The molecule has 0 heterocycles. The molecule has 1 nitrogen and oxygen atoms in total. The van der Waals surface area contributed by atoms with Crippen LogP contribution in [0.2, 0.25) is 5.02 Å². The lowest BCUT2D eigenvalue weighted by Crippen LogP contribution is -2.40. The van der Waals surface area contributed by atoms with E-state index in [2.05, 4.69) is 39.9 Å². The minimum atomic E-state index is -0.199. The Labute approximate surface area is 121 Å². The molecule has 0 bridgehead atoms. The lowest BCUT2D eigenvalue weighted by Gasteiger charge is -2.27. The van der Waals surface area contributed by atoms with Gasteiger partial charge in [-0.3, -0.25) is 0 Å². The summed E-state index contributed by atoms with van der Waals surface area (Å²) in [5, 5.41) is 4.02. The van der Waals surface area contributed by atoms with Gasteiger partial charge in [-0.15, -0.1) is 0 Å². The molecule has 2 unspecified atom stereocenters. The minimum Gasteiger partial charge on any atom is -0.312 e. The minimum absolute atomic E-state index is 0.115. The third-order valence-electron chi connectivity index (χ3n) is 3.51. The summed E-state index contributed by atoms with van der Waals surface area (Å²) in [5.41, 5.74) is 0.753. The second kappa shape index (κ2) is 6.71. The number of hydrogen-bond donors (Lipinski definition) is 1. The molecule has 0 spiro atoms. The first-order valence-corrected chi connectivity index (χ1v) is 7.26. The molecule has 1 N–H and O–H groups in total. The Morgan fingerprint density at radius 3 is 2.37 bits per heavy atom. The monoisotopic (exact) mass is 285 g/mol. The Bertz CT molecular complexity index is 391. The van der Waals surface area contributed by atoms with E-state index in [0.29, 0.717) is 28.8 Å². The van der Waals surface area contributed by atoms with Gasteiger partial charge >= 0.3 is 0 Å². The number of benzene rings is 1. The summed E-state index contributed by atoms with van der Waals surface area (Å²) in [6.45, 7) is 11.7. The molecule has 0 aliphatic carbocycles. The molecular formula is C16H25ClFN. The van der Waals surface area contributed by atoms with Crippen molar-refractivity contribution in [3.8, 4) is 0 Å². The zero-order valence-electron chi connectivity index (χ0n) is 12.6. The van der Waals surface area contributed by atoms with Crippen molar-refractivity contribution in [2.24, 2.45) is 11.8 Å². The van der Waals surface area contributed by atoms with Crippen molar-refractivity contribution in [1.82, 2.24) is 5.32 Å². The Morgan fingerprint density at radius 1 is 1.21 bits per heavy atom. The van der Waals surface area contributed by atoms with E-state index in [1.165, 1.54) is 6.07 Å². The van der Waals surface area contributed by atoms with Crippen LogP contribution in [0.3, 0.4) is 0 Å². The first-order valence-electron chi connectivity index (χ1n) is 6.88. The van der Waals surface area contributed by atoms with E-state index in [0.717, 1.165) is 6.54 Å². The van der Waals surface area contributed by atoms with Gasteiger partial charge in [-0.05, 0) is 57.7 Å². The lowest BCUT2D eigenvalue weighted by atomic mass is 9.89. The fourth-order valence-electron chi connectivity index (χ4n) is 1.92. The third kappa shape index (κ3) is 5.50. The molecule has 0 aliphatic heterocycles. The second-order valence-corrected chi connectivity index (χ2v) is 6.90. The quantitative estimate of drug-likeness (QED) is 0.828. The predicted octanol–water partition coefficient (Wildman–Crippen LogP) is 4.68. The van der Waals surface area contributed by atoms with Gasteiger partial charge in [0.15, 0.2) is 0 Å². The molecule has 0 aromatic heterocycles. The van der Waals surface area contributed by atoms with Gasteiger partial charge in [-0.2, -0.15) is 0 Å². The van der Waals surface area contributed by atoms with E-state index in [4.69, 9.17) is 11.6 Å². The van der Waals surface area contributed by atoms with Crippen LogP contribution < -0.4 is 5.32 Å². The van der Waals surface area contributed by atoms with Crippen LogP contribution in [0.4, 0.5) is 4.39 Å². The SMILES string of the molecule is CC(CNC(C)(C)C)C(C)Cc1c(F)cccc1Cl. The summed E-state index contributed by atoms with van der Waals surface area (Å²) < 4.78 is 13.7. The number of rotatable bonds is 5. The van der Waals surface area contributed by atoms with E-state index >= 15 is 0 Å². The van der Waals surface area contributed by atoms with Crippen molar-refractivity contribution in [3.05, 3.63) is 34.6 Å². The first-order chi connectivity index (χ1) is 8.70. The van der Waals surface area contributed by atoms with Gasteiger partial charge in [-0.25, -0.2) is 4.39 Å². The fraction of sp³-hybridized carbons (Fsp3) is 0.625. The average molecular weight is 286 g/mol. The van der Waals surface area contributed by atoms with Crippen LogP contribution in [0.15, 0.2) is 18.2 Å². The van der Waals surface area contributed by atoms with Crippen molar-refractivity contribution < 1.29 is 4.39 Å². The van der Waals surface area contributed by atoms with Crippen LogP contribution in [0.1, 0.15) is 40.2 Å². The van der Waals surface area contributed by atoms with Crippen molar-refractivity contribution in [3.63, 3.8) is 0 Å². The highest BCUT2D eigenvalue weighted by Crippen LogP contribution is 2.25. The maximum atomic E-state index is 13.7. The second-order valence-electron chi connectivity index (χ2n) is 6.49. The van der Waals surface area contributed by atoms with E-state index < -0.39 is 0 Å². The van der Waals surface area contributed by atoms with E-state index in [1.54, 1.807) is 12.1 Å². The number of halogens is 2. The zero-order chi connectivity index (χ0) is 14.6. The number of nitrogens with one attached hydrogen (secondary N) is 1. The van der Waals surface area contributed by atoms with Crippen LogP contribution in [0, 0.1) is 17.7 Å². The number of hydrogen-bond acceptors (Lipinski definition) is 1. The van der Waals surface area contributed by atoms with Gasteiger partial charge in [0.1, 0.15) is 5.82 Å². The van der Waals surface area contributed by atoms with Gasteiger partial charge < -0.3 is 5.32 Å². The van der Waals surface area contributed by atoms with Gasteiger partial charge in [0.05, 0.1) is 0 Å². The van der Waals surface area contributed by atoms with Crippen molar-refractivity contribution in [2.75, 3.05) is 6.54 Å². The van der Waals surface area contributed by atoms with E-state index in [9.17, 15) is 4.39 Å². The standard InChI is InChI=1S/C16H25ClFN/c1-11(12(2)10-19-16(3,4)5)9-13-14(17)7-6-8-15(13)18/h6-8,11-12,19H,9-10H2,1-5H3. The summed E-state index contributed by atoms with van der Waals surface area (Å²) in [4.78, 5) is 0. The van der Waals surface area contributed by atoms with Gasteiger partial charge in [0.25, 0.3) is 0 Å². The summed E-state index contributed by atoms with van der Waals surface area (Å²) in [6, 6.07) is 4.88. The zero-order valence-corrected chi connectivity index (χ0v) is 13.3. The Kier molecular flexibility index (Phi) is 5.82. The van der Waals surface area contributed by atoms with Crippen LogP contribution in [0.25, 0.3) is 0 Å². The molecule has 3 heteroatoms. The van der Waals surface area contributed by atoms with Gasteiger partial charge in [-0.1, -0.05) is 31.5 Å². The largest absolute Gasteiger partial charge is 0.312 e. The van der Waals surface area contributed by atoms with Crippen molar-refractivity contribution >= 4 is 11.6 Å². The third-order valence-corrected chi connectivity index (χ3v) is 3.87. The molecule has 19 heavy (non-hydrogen) atoms. The summed E-state index contributed by atoms with van der Waals surface area (Å²) in [5.74, 6) is 0.648. The van der Waals surface area contributed by atoms with Crippen LogP contribution in [-0.4, -0.2) is 12.1 Å². The summed E-state index contributed by atoms with van der Waals surface area (Å²) >= 11 is 6.07. The molecule has 0 saturated carbocycles. The maximum absolute atomic E-state index is 13.7. The van der Waals surface area contributed by atoms with E-state index in [-0.39, 0.29) is 11.4 Å². The molecule has 108 valence electrons. The van der Waals surface area contributed by atoms with Gasteiger partial charge in [0.2, 0.25) is 0 Å². The first kappa shape index (κ1) is 16.5. The Balaban J connectivity index is 2.61. The molecule has 0 saturated heterocycles. The predicted molar refractivity (Wildman–Crippen MR) is 81.2 cm³/mol. The highest BCUT2D eigenvalue weighted by molar-refractivity contribution is 6.31. The fourth-order valence-corrected chi connectivity index (χ4v) is 2.16. The lowest BCUT2D eigenvalue weighted by molar-refractivity contribution is 0.315. The Morgan fingerprint density at radius 2 is 1.84 bits per heavy atom. The smallest absolute Gasteiger partial charge is 0.127 e. The molecule has 1 aromatic rings. The Hall–Kier alpha value is -0.600. The maximum Gasteiger partial charge on any atom is 0.127 e. The molecule has 1 aromatic carbocycles. The molecule has 1 rings (SSSR count). The molecular weight excluding hydrogens is 261 g/mol. The highest BCUT2D eigenvalue weighted by atomic mass is 35.5. The van der Waals surface area contributed by atoms with Crippen LogP contribution in [-0.2, 0) is 6.42 Å². The molecule has 0 radical (unpaired) electrons. The van der Waals surface area contributed by atoms with Gasteiger partial charge in [0, 0.05) is 16.1 Å². The molecule has 0 aliphatic rings. The summed E-state index contributed by atoms with van der Waals surface area (Å²) in [7, 11) is 0. The average Bonchev–Trinajstić information content (AvgIpc) is 2.29. The normalized spacial score (nSPS) is 15.3. The topological polar surface area (TPSA) is 12.0 Å².